The fourth-order valence-corrected chi connectivity index (χ4v) is 3.84. The Morgan fingerprint density at radius 3 is 2.92 bits per heavy atom. The highest BCUT2D eigenvalue weighted by Crippen LogP contribution is 2.35. The molecule has 3 aromatic rings. The summed E-state index contributed by atoms with van der Waals surface area (Å²) in [5.74, 6) is 0.425. The van der Waals surface area contributed by atoms with Crippen molar-refractivity contribution in [1.82, 2.24) is 4.98 Å². The van der Waals surface area contributed by atoms with Crippen molar-refractivity contribution in [3.05, 3.63) is 64.5 Å². The van der Waals surface area contributed by atoms with Crippen LogP contribution in [-0.4, -0.2) is 17.5 Å². The number of rotatable bonds is 3. The van der Waals surface area contributed by atoms with Gasteiger partial charge >= 0.3 is 0 Å². The number of amides is 1. The van der Waals surface area contributed by atoms with Crippen LogP contribution in [-0.2, 0) is 4.79 Å². The number of hydrogen-bond donors (Lipinski definition) is 1. The summed E-state index contributed by atoms with van der Waals surface area (Å²) in [7, 11) is 0. The highest BCUT2D eigenvalue weighted by atomic mass is 32.1. The Morgan fingerprint density at radius 2 is 2.08 bits per heavy atom. The van der Waals surface area contributed by atoms with Gasteiger partial charge in [0.05, 0.1) is 5.69 Å². The van der Waals surface area contributed by atoms with E-state index >= 15 is 0 Å². The predicted octanol–water partition coefficient (Wildman–Crippen LogP) is 4.54. The van der Waals surface area contributed by atoms with Crippen molar-refractivity contribution in [2.75, 3.05) is 11.9 Å². The Hall–Kier alpha value is -2.66. The van der Waals surface area contributed by atoms with Gasteiger partial charge in [-0.3, -0.25) is 4.79 Å². The van der Waals surface area contributed by atoms with E-state index < -0.39 is 0 Å². The van der Waals surface area contributed by atoms with Crippen molar-refractivity contribution in [2.45, 2.75) is 19.8 Å². The van der Waals surface area contributed by atoms with E-state index in [1.165, 1.54) is 22.5 Å². The highest BCUT2D eigenvalue weighted by Gasteiger charge is 2.30. The molecule has 4 rings (SSSR count). The van der Waals surface area contributed by atoms with Gasteiger partial charge in [0, 0.05) is 16.5 Å². The molecule has 1 unspecified atom stereocenters. The molecule has 0 fully saturated rings. The molecule has 0 bridgehead atoms. The van der Waals surface area contributed by atoms with E-state index in [2.05, 4.69) is 42.3 Å². The van der Waals surface area contributed by atoms with Crippen LogP contribution in [0.1, 0.15) is 22.6 Å². The number of hydrogen-bond acceptors (Lipinski definition) is 4. The third kappa shape index (κ3) is 3.03. The number of nitrogens with zero attached hydrogens (tertiary/aromatic N) is 1. The molecule has 126 valence electrons. The van der Waals surface area contributed by atoms with E-state index in [9.17, 15) is 4.79 Å². The molecule has 5 heteroatoms. The first kappa shape index (κ1) is 15.8. The molecule has 2 aromatic carbocycles. The van der Waals surface area contributed by atoms with Crippen LogP contribution < -0.4 is 10.1 Å². The first-order valence-electron chi connectivity index (χ1n) is 8.17. The second-order valence-electron chi connectivity index (χ2n) is 6.25. The van der Waals surface area contributed by atoms with E-state index in [1.807, 2.05) is 29.6 Å². The summed E-state index contributed by atoms with van der Waals surface area (Å²) in [5.41, 5.74) is 5.33. The molecule has 0 saturated carbocycles. The topological polar surface area (TPSA) is 51.2 Å². The highest BCUT2D eigenvalue weighted by molar-refractivity contribution is 7.14. The molecule has 1 atom stereocenters. The fraction of sp³-hybridized carbons (Fsp3) is 0.200. The molecular formula is C20H18N2O2S. The van der Waals surface area contributed by atoms with Gasteiger partial charge in [-0.1, -0.05) is 42.0 Å². The first-order chi connectivity index (χ1) is 12.1. The fourth-order valence-electron chi connectivity index (χ4n) is 3.13. The van der Waals surface area contributed by atoms with Gasteiger partial charge in [-0.05, 0) is 25.5 Å². The summed E-state index contributed by atoms with van der Waals surface area (Å²) in [5, 5.41) is 5.53. The standard InChI is InChI=1S/C20H18N2O2S/c1-12-7-8-14(13(2)9-12)17-11-25-20(21-17)22-19(23)16-10-24-18-6-4-3-5-15(16)18/h3-9,11,16H,10H2,1-2H3,(H,21,22,23). The predicted molar refractivity (Wildman–Crippen MR) is 100 cm³/mol. The minimum atomic E-state index is -0.287. The number of aryl methyl sites for hydroxylation is 2. The Kier molecular flexibility index (Phi) is 4.01. The molecular weight excluding hydrogens is 332 g/mol. The molecule has 0 saturated heterocycles. The van der Waals surface area contributed by atoms with E-state index in [-0.39, 0.29) is 11.8 Å². The van der Waals surface area contributed by atoms with E-state index in [1.54, 1.807) is 0 Å². The third-order valence-electron chi connectivity index (χ3n) is 4.41. The molecule has 1 aliphatic rings. The summed E-state index contributed by atoms with van der Waals surface area (Å²) >= 11 is 1.44. The van der Waals surface area contributed by atoms with Crippen LogP contribution in [0.2, 0.25) is 0 Å². The van der Waals surface area contributed by atoms with Crippen molar-refractivity contribution < 1.29 is 9.53 Å². The van der Waals surface area contributed by atoms with Gasteiger partial charge in [-0.25, -0.2) is 4.98 Å². The average Bonchev–Trinajstić information content (AvgIpc) is 3.21. The lowest BCUT2D eigenvalue weighted by Gasteiger charge is -2.08. The minimum absolute atomic E-state index is 0.0773. The maximum atomic E-state index is 12.6. The zero-order valence-electron chi connectivity index (χ0n) is 14.1. The third-order valence-corrected chi connectivity index (χ3v) is 5.17. The Morgan fingerprint density at radius 1 is 1.24 bits per heavy atom. The van der Waals surface area contributed by atoms with Crippen molar-refractivity contribution >= 4 is 22.4 Å². The summed E-state index contributed by atoms with van der Waals surface area (Å²) < 4.78 is 5.59. The summed E-state index contributed by atoms with van der Waals surface area (Å²) in [6.45, 7) is 4.53. The molecule has 1 amide bonds. The Bertz CT molecular complexity index is 948. The van der Waals surface area contributed by atoms with Gasteiger partial charge in [0.15, 0.2) is 5.13 Å². The number of carbonyl (C=O) groups is 1. The van der Waals surface area contributed by atoms with E-state index in [0.717, 1.165) is 22.6 Å². The number of thiazole rings is 1. The lowest BCUT2D eigenvalue weighted by Crippen LogP contribution is -2.22. The molecule has 1 aliphatic heterocycles. The zero-order valence-corrected chi connectivity index (χ0v) is 14.9. The number of para-hydroxylation sites is 1. The lowest BCUT2D eigenvalue weighted by atomic mass is 10.0. The number of ether oxygens (including phenoxy) is 1. The summed E-state index contributed by atoms with van der Waals surface area (Å²) in [6, 6.07) is 14.0. The first-order valence-corrected chi connectivity index (χ1v) is 9.05. The van der Waals surface area contributed by atoms with Crippen LogP contribution in [0, 0.1) is 13.8 Å². The smallest absolute Gasteiger partial charge is 0.237 e. The SMILES string of the molecule is Cc1ccc(-c2csc(NC(=O)C3COc4ccccc43)n2)c(C)c1. The number of fused-ring (bicyclic) bond motifs is 1. The van der Waals surface area contributed by atoms with Gasteiger partial charge in [0.25, 0.3) is 0 Å². The maximum absolute atomic E-state index is 12.6. The normalized spacial score (nSPS) is 15.5. The molecule has 25 heavy (non-hydrogen) atoms. The van der Waals surface area contributed by atoms with Gasteiger partial charge in [-0.2, -0.15) is 0 Å². The number of aromatic nitrogens is 1. The number of benzene rings is 2. The molecule has 1 aromatic heterocycles. The second kappa shape index (κ2) is 6.33. The number of nitrogens with one attached hydrogen (secondary N) is 1. The molecule has 4 nitrogen and oxygen atoms in total. The monoisotopic (exact) mass is 350 g/mol. The second-order valence-corrected chi connectivity index (χ2v) is 7.11. The van der Waals surface area contributed by atoms with E-state index in [0.29, 0.717) is 11.7 Å². The number of anilines is 1. The molecule has 0 radical (unpaired) electrons. The summed E-state index contributed by atoms with van der Waals surface area (Å²) in [6.07, 6.45) is 0. The van der Waals surface area contributed by atoms with Gasteiger partial charge in [-0.15, -0.1) is 11.3 Å². The Labute approximate surface area is 150 Å². The minimum Gasteiger partial charge on any atom is -0.492 e. The van der Waals surface area contributed by atoms with Crippen LogP contribution in [0.5, 0.6) is 5.75 Å². The molecule has 0 spiro atoms. The van der Waals surface area contributed by atoms with Crippen LogP contribution in [0.15, 0.2) is 47.8 Å². The quantitative estimate of drug-likeness (QED) is 0.754. The van der Waals surface area contributed by atoms with Crippen molar-refractivity contribution in [1.29, 1.82) is 0 Å². The maximum Gasteiger partial charge on any atom is 0.237 e. The molecule has 1 N–H and O–H groups in total. The van der Waals surface area contributed by atoms with Crippen molar-refractivity contribution in [3.63, 3.8) is 0 Å². The average molecular weight is 350 g/mol. The van der Waals surface area contributed by atoms with Crippen LogP contribution in [0.25, 0.3) is 11.3 Å². The van der Waals surface area contributed by atoms with E-state index in [4.69, 9.17) is 4.74 Å². The van der Waals surface area contributed by atoms with Gasteiger partial charge in [0.1, 0.15) is 18.3 Å². The summed E-state index contributed by atoms with van der Waals surface area (Å²) in [4.78, 5) is 17.2. The van der Waals surface area contributed by atoms with Crippen molar-refractivity contribution in [2.24, 2.45) is 0 Å². The van der Waals surface area contributed by atoms with Crippen LogP contribution in [0.3, 0.4) is 0 Å². The van der Waals surface area contributed by atoms with Gasteiger partial charge < -0.3 is 10.1 Å². The van der Waals surface area contributed by atoms with Crippen molar-refractivity contribution in [3.8, 4) is 17.0 Å². The largest absolute Gasteiger partial charge is 0.492 e. The molecule has 2 heterocycles. The van der Waals surface area contributed by atoms with Gasteiger partial charge in [0.2, 0.25) is 5.91 Å². The number of carbonyl (C=O) groups excluding carboxylic acids is 1. The molecule has 0 aliphatic carbocycles. The zero-order chi connectivity index (χ0) is 17.4. The lowest BCUT2D eigenvalue weighted by molar-refractivity contribution is -0.117. The van der Waals surface area contributed by atoms with Crippen LogP contribution >= 0.6 is 11.3 Å². The van der Waals surface area contributed by atoms with Crippen LogP contribution in [0.4, 0.5) is 5.13 Å². The Balaban J connectivity index is 1.53.